The second-order valence-corrected chi connectivity index (χ2v) is 3.71. The number of benzene rings is 1. The monoisotopic (exact) mass is 183 g/mol. The van der Waals surface area contributed by atoms with Crippen molar-refractivity contribution in [3.8, 4) is 0 Å². The third-order valence-electron chi connectivity index (χ3n) is 1.91. The van der Waals surface area contributed by atoms with Crippen molar-refractivity contribution >= 4 is 11.1 Å². The lowest BCUT2D eigenvalue weighted by molar-refractivity contribution is 0.536. The van der Waals surface area contributed by atoms with Gasteiger partial charge in [-0.25, -0.2) is 0 Å². The first-order chi connectivity index (χ1) is 5.61. The zero-order valence-electron chi connectivity index (χ0n) is 7.16. The van der Waals surface area contributed by atoms with Crippen LogP contribution in [0, 0.1) is 13.8 Å². The Hall–Kier alpha value is -0.670. The van der Waals surface area contributed by atoms with Crippen LogP contribution in [0.2, 0.25) is 0 Å². The van der Waals surface area contributed by atoms with Crippen LogP contribution in [-0.2, 0) is 16.8 Å². The Labute approximate surface area is 74.9 Å². The van der Waals surface area contributed by atoms with Gasteiger partial charge < -0.3 is 4.55 Å². The van der Waals surface area contributed by atoms with Crippen molar-refractivity contribution in [3.05, 3.63) is 34.9 Å². The largest absolute Gasteiger partial charge is 0.772 e. The average molecular weight is 183 g/mol. The van der Waals surface area contributed by atoms with Crippen LogP contribution in [0.25, 0.3) is 0 Å². The van der Waals surface area contributed by atoms with Crippen LogP contribution < -0.4 is 0 Å². The Balaban J connectivity index is 3.04. The van der Waals surface area contributed by atoms with E-state index in [4.69, 9.17) is 0 Å². The van der Waals surface area contributed by atoms with Gasteiger partial charge >= 0.3 is 0 Å². The van der Waals surface area contributed by atoms with E-state index >= 15 is 0 Å². The number of rotatable bonds is 2. The minimum atomic E-state index is -1.99. The molecule has 0 aliphatic rings. The number of aryl methyl sites for hydroxylation is 2. The topological polar surface area (TPSA) is 40.1 Å². The fourth-order valence-electron chi connectivity index (χ4n) is 1.19. The van der Waals surface area contributed by atoms with Gasteiger partial charge in [-0.05, 0) is 30.5 Å². The molecular weight excluding hydrogens is 172 g/mol. The summed E-state index contributed by atoms with van der Waals surface area (Å²) in [4.78, 5) is 0. The minimum Gasteiger partial charge on any atom is -0.772 e. The number of hydrogen-bond donors (Lipinski definition) is 0. The lowest BCUT2D eigenvalue weighted by atomic mass is 10.1. The Morgan fingerprint density at radius 2 is 1.83 bits per heavy atom. The van der Waals surface area contributed by atoms with E-state index in [2.05, 4.69) is 0 Å². The standard InChI is InChI=1S/C9H12O2S/c1-7-4-3-5-8(2)9(7)6-12(10)11/h3-5H,6H2,1-2H3,(H,10,11)/p-1. The highest BCUT2D eigenvalue weighted by atomic mass is 32.2. The van der Waals surface area contributed by atoms with Crippen LogP contribution in [0.3, 0.4) is 0 Å². The summed E-state index contributed by atoms with van der Waals surface area (Å²) in [5, 5.41) is 0. The first kappa shape index (κ1) is 9.42. The van der Waals surface area contributed by atoms with E-state index in [1.165, 1.54) is 0 Å². The molecule has 12 heavy (non-hydrogen) atoms. The zero-order chi connectivity index (χ0) is 9.14. The zero-order valence-corrected chi connectivity index (χ0v) is 7.98. The van der Waals surface area contributed by atoms with Crippen molar-refractivity contribution in [2.75, 3.05) is 0 Å². The maximum Gasteiger partial charge on any atom is 0.0358 e. The molecule has 3 heteroatoms. The molecule has 0 fully saturated rings. The maximum absolute atomic E-state index is 10.5. The molecule has 0 bridgehead atoms. The second-order valence-electron chi connectivity index (χ2n) is 2.82. The molecule has 66 valence electrons. The third-order valence-corrected chi connectivity index (χ3v) is 2.43. The van der Waals surface area contributed by atoms with Crippen molar-refractivity contribution in [2.24, 2.45) is 0 Å². The molecule has 0 spiro atoms. The molecule has 1 atom stereocenters. The predicted octanol–water partition coefficient (Wildman–Crippen LogP) is 1.68. The van der Waals surface area contributed by atoms with Crippen LogP contribution >= 0.6 is 0 Å². The molecule has 1 aromatic rings. The minimum absolute atomic E-state index is 0.124. The van der Waals surface area contributed by atoms with Crippen molar-refractivity contribution in [3.63, 3.8) is 0 Å². The van der Waals surface area contributed by atoms with Crippen LogP contribution in [0.1, 0.15) is 16.7 Å². The maximum atomic E-state index is 10.5. The number of hydrogen-bond acceptors (Lipinski definition) is 2. The smallest absolute Gasteiger partial charge is 0.0358 e. The molecule has 1 unspecified atom stereocenters. The van der Waals surface area contributed by atoms with Crippen LogP contribution in [-0.4, -0.2) is 8.76 Å². The highest BCUT2D eigenvalue weighted by Crippen LogP contribution is 2.14. The normalized spacial score (nSPS) is 12.9. The van der Waals surface area contributed by atoms with Gasteiger partial charge in [0.25, 0.3) is 0 Å². The van der Waals surface area contributed by atoms with Crippen LogP contribution in [0.4, 0.5) is 0 Å². The van der Waals surface area contributed by atoms with Gasteiger partial charge in [0.05, 0.1) is 0 Å². The summed E-state index contributed by atoms with van der Waals surface area (Å²) in [5.74, 6) is 0.124. The summed E-state index contributed by atoms with van der Waals surface area (Å²) < 4.78 is 20.9. The molecular formula is C9H11O2S-. The van der Waals surface area contributed by atoms with Gasteiger partial charge in [0, 0.05) is 5.75 Å². The molecule has 0 aromatic heterocycles. The molecule has 0 aliphatic carbocycles. The molecule has 2 nitrogen and oxygen atoms in total. The van der Waals surface area contributed by atoms with E-state index in [1.807, 2.05) is 32.0 Å². The molecule has 1 rings (SSSR count). The summed E-state index contributed by atoms with van der Waals surface area (Å²) in [6, 6.07) is 5.78. The molecule has 0 radical (unpaired) electrons. The van der Waals surface area contributed by atoms with Gasteiger partial charge in [0.2, 0.25) is 0 Å². The predicted molar refractivity (Wildman–Crippen MR) is 48.5 cm³/mol. The van der Waals surface area contributed by atoms with E-state index in [9.17, 15) is 8.76 Å². The van der Waals surface area contributed by atoms with Gasteiger partial charge in [-0.15, -0.1) is 0 Å². The van der Waals surface area contributed by atoms with Crippen molar-refractivity contribution in [1.29, 1.82) is 0 Å². The first-order valence-corrected chi connectivity index (χ1v) is 4.96. The second kappa shape index (κ2) is 3.83. The van der Waals surface area contributed by atoms with Gasteiger partial charge in [-0.2, -0.15) is 0 Å². The highest BCUT2D eigenvalue weighted by Gasteiger charge is 2.00. The summed E-state index contributed by atoms with van der Waals surface area (Å²) in [6.45, 7) is 3.85. The Kier molecular flexibility index (Phi) is 3.00. The molecule has 1 aromatic carbocycles. The lowest BCUT2D eigenvalue weighted by Crippen LogP contribution is -1.98. The fraction of sp³-hybridized carbons (Fsp3) is 0.333. The summed E-state index contributed by atoms with van der Waals surface area (Å²) in [5.41, 5.74) is 3.00. The van der Waals surface area contributed by atoms with Crippen molar-refractivity contribution in [2.45, 2.75) is 19.6 Å². The molecule has 0 saturated heterocycles. The van der Waals surface area contributed by atoms with E-state index < -0.39 is 11.1 Å². The van der Waals surface area contributed by atoms with E-state index in [0.29, 0.717) is 0 Å². The van der Waals surface area contributed by atoms with Gasteiger partial charge in [0.15, 0.2) is 0 Å². The van der Waals surface area contributed by atoms with Crippen LogP contribution in [0.15, 0.2) is 18.2 Å². The van der Waals surface area contributed by atoms with Crippen molar-refractivity contribution < 1.29 is 8.76 Å². The van der Waals surface area contributed by atoms with Crippen molar-refractivity contribution in [1.82, 2.24) is 0 Å². The van der Waals surface area contributed by atoms with Gasteiger partial charge in [-0.3, -0.25) is 4.21 Å². The SMILES string of the molecule is Cc1cccc(C)c1CS(=O)[O-]. The first-order valence-electron chi connectivity index (χ1n) is 3.72. The Morgan fingerprint density at radius 1 is 1.33 bits per heavy atom. The molecule has 0 heterocycles. The average Bonchev–Trinajstić information content (AvgIpc) is 1.97. The summed E-state index contributed by atoms with van der Waals surface area (Å²) >= 11 is -1.99. The summed E-state index contributed by atoms with van der Waals surface area (Å²) in [7, 11) is 0. The van der Waals surface area contributed by atoms with E-state index in [1.54, 1.807) is 0 Å². The van der Waals surface area contributed by atoms with E-state index in [0.717, 1.165) is 16.7 Å². The van der Waals surface area contributed by atoms with Gasteiger partial charge in [-0.1, -0.05) is 29.3 Å². The molecule has 0 aliphatic heterocycles. The summed E-state index contributed by atoms with van der Waals surface area (Å²) in [6.07, 6.45) is 0. The highest BCUT2D eigenvalue weighted by molar-refractivity contribution is 7.78. The molecule has 0 N–H and O–H groups in total. The quantitative estimate of drug-likeness (QED) is 0.654. The molecule has 0 amide bonds. The Morgan fingerprint density at radius 3 is 2.25 bits per heavy atom. The van der Waals surface area contributed by atoms with Gasteiger partial charge in [0.1, 0.15) is 0 Å². The Bertz CT molecular complexity index is 287. The van der Waals surface area contributed by atoms with E-state index in [-0.39, 0.29) is 5.75 Å². The van der Waals surface area contributed by atoms with Crippen LogP contribution in [0.5, 0.6) is 0 Å². The lowest BCUT2D eigenvalue weighted by Gasteiger charge is -2.10. The molecule has 0 saturated carbocycles. The third kappa shape index (κ3) is 2.16. The fourth-order valence-corrected chi connectivity index (χ4v) is 1.89.